The number of hydrogen-bond donors (Lipinski definition) is 1. The number of hydrogen-bond acceptors (Lipinski definition) is 4. The lowest BCUT2D eigenvalue weighted by Crippen LogP contribution is -2.06. The van der Waals surface area contributed by atoms with Crippen LogP contribution in [0.5, 0.6) is 0 Å². The highest BCUT2D eigenvalue weighted by molar-refractivity contribution is 6.06. The number of rotatable bonds is 4. The zero-order valence-corrected chi connectivity index (χ0v) is 13.6. The molecule has 0 aliphatic rings. The van der Waals surface area contributed by atoms with Gasteiger partial charge < -0.3 is 4.98 Å². The minimum absolute atomic E-state index is 0.129. The molecule has 0 saturated heterocycles. The summed E-state index contributed by atoms with van der Waals surface area (Å²) in [6.07, 6.45) is 4.75. The van der Waals surface area contributed by atoms with Gasteiger partial charge in [0.25, 0.3) is 0 Å². The van der Waals surface area contributed by atoms with E-state index < -0.39 is 0 Å². The average molecular weight is 344 g/mol. The molecule has 0 fully saturated rings. The van der Waals surface area contributed by atoms with E-state index in [0.29, 0.717) is 28.2 Å². The first kappa shape index (κ1) is 15.8. The van der Waals surface area contributed by atoms with E-state index in [1.54, 1.807) is 55.0 Å². The van der Waals surface area contributed by atoms with Gasteiger partial charge in [0.15, 0.2) is 0 Å². The first-order valence-corrected chi connectivity index (χ1v) is 7.94. The highest BCUT2D eigenvalue weighted by Crippen LogP contribution is 2.22. The lowest BCUT2D eigenvalue weighted by molar-refractivity contribution is 0.102. The Morgan fingerprint density at radius 3 is 2.35 bits per heavy atom. The van der Waals surface area contributed by atoms with E-state index in [0.717, 1.165) is 0 Å². The minimum atomic E-state index is -0.326. The van der Waals surface area contributed by atoms with Crippen LogP contribution >= 0.6 is 0 Å². The Kier molecular flexibility index (Phi) is 4.07. The van der Waals surface area contributed by atoms with Gasteiger partial charge >= 0.3 is 0 Å². The predicted molar refractivity (Wildman–Crippen MR) is 94.9 cm³/mol. The third kappa shape index (κ3) is 3.12. The molecule has 0 bridgehead atoms. The molecule has 0 aliphatic heterocycles. The fourth-order valence-electron chi connectivity index (χ4n) is 2.55. The molecular weight excluding hydrogens is 331 g/mol. The van der Waals surface area contributed by atoms with Gasteiger partial charge in [0.1, 0.15) is 11.6 Å². The first-order valence-electron chi connectivity index (χ1n) is 7.94. The number of halogens is 1. The normalized spacial score (nSPS) is 10.7. The zero-order chi connectivity index (χ0) is 17.9. The van der Waals surface area contributed by atoms with Crippen LogP contribution in [-0.4, -0.2) is 25.7 Å². The van der Waals surface area contributed by atoms with Crippen molar-refractivity contribution in [2.45, 2.75) is 0 Å². The van der Waals surface area contributed by atoms with E-state index in [2.05, 4.69) is 19.9 Å². The summed E-state index contributed by atoms with van der Waals surface area (Å²) >= 11 is 0. The summed E-state index contributed by atoms with van der Waals surface area (Å²) in [5.41, 5.74) is 2.55. The van der Waals surface area contributed by atoms with Gasteiger partial charge in [-0.1, -0.05) is 42.5 Å². The van der Waals surface area contributed by atoms with Crippen LogP contribution in [0.1, 0.15) is 16.2 Å². The molecule has 0 aliphatic carbocycles. The number of nitrogens with zero attached hydrogens (tertiary/aromatic N) is 3. The molecule has 2 aromatic heterocycles. The van der Waals surface area contributed by atoms with Crippen LogP contribution in [0.2, 0.25) is 0 Å². The molecule has 0 saturated carbocycles. The van der Waals surface area contributed by atoms with E-state index in [1.165, 1.54) is 12.1 Å². The van der Waals surface area contributed by atoms with Crippen molar-refractivity contribution in [3.63, 3.8) is 0 Å². The Hall–Kier alpha value is -3.67. The minimum Gasteiger partial charge on any atom is -0.338 e. The Morgan fingerprint density at radius 1 is 0.846 bits per heavy atom. The summed E-state index contributed by atoms with van der Waals surface area (Å²) in [6.45, 7) is 0. The van der Waals surface area contributed by atoms with Crippen molar-refractivity contribution >= 4 is 5.78 Å². The summed E-state index contributed by atoms with van der Waals surface area (Å²) in [6, 6.07) is 15.0. The molecule has 2 heterocycles. The lowest BCUT2D eigenvalue weighted by atomic mass is 10.1. The molecule has 0 amide bonds. The second-order valence-electron chi connectivity index (χ2n) is 5.65. The summed E-state index contributed by atoms with van der Waals surface area (Å²) < 4.78 is 13.3. The smallest absolute Gasteiger partial charge is 0.230 e. The van der Waals surface area contributed by atoms with Crippen LogP contribution in [0.15, 0.2) is 73.2 Å². The number of carbonyl (C=O) groups excluding carboxylic acids is 1. The molecule has 0 unspecified atom stereocenters. The number of ketones is 1. The standard InChI is InChI=1S/C20H13FN4O/c21-16-8-4-7-14(9-16)19-24-12-17(25-19)15-10-22-20(23-11-15)18(26)13-5-2-1-3-6-13/h1-12H,(H,24,25). The van der Waals surface area contributed by atoms with Gasteiger partial charge in [-0.2, -0.15) is 0 Å². The number of aromatic amines is 1. The lowest BCUT2D eigenvalue weighted by Gasteiger charge is -2.01. The summed E-state index contributed by atoms with van der Waals surface area (Å²) in [4.78, 5) is 28.0. The van der Waals surface area contributed by atoms with Crippen LogP contribution in [0.4, 0.5) is 4.39 Å². The number of aromatic nitrogens is 4. The maximum atomic E-state index is 13.3. The van der Waals surface area contributed by atoms with Gasteiger partial charge in [-0.25, -0.2) is 19.3 Å². The van der Waals surface area contributed by atoms with Crippen molar-refractivity contribution in [3.8, 4) is 22.6 Å². The Balaban J connectivity index is 1.59. The Bertz CT molecular complexity index is 1060. The molecule has 0 radical (unpaired) electrons. The molecule has 0 spiro atoms. The van der Waals surface area contributed by atoms with Crippen molar-refractivity contribution in [2.75, 3.05) is 0 Å². The maximum absolute atomic E-state index is 13.3. The van der Waals surface area contributed by atoms with E-state index in [-0.39, 0.29) is 17.4 Å². The second-order valence-corrected chi connectivity index (χ2v) is 5.65. The first-order chi connectivity index (χ1) is 12.7. The summed E-state index contributed by atoms with van der Waals surface area (Å²) in [5.74, 6) is 0.114. The molecule has 4 rings (SSSR count). The fraction of sp³-hybridized carbons (Fsp3) is 0. The average Bonchev–Trinajstić information content (AvgIpc) is 3.18. The maximum Gasteiger partial charge on any atom is 0.230 e. The van der Waals surface area contributed by atoms with E-state index in [9.17, 15) is 9.18 Å². The molecule has 6 heteroatoms. The van der Waals surface area contributed by atoms with Crippen LogP contribution in [0, 0.1) is 5.82 Å². The largest absolute Gasteiger partial charge is 0.338 e. The fourth-order valence-corrected chi connectivity index (χ4v) is 2.55. The third-order valence-corrected chi connectivity index (χ3v) is 3.88. The number of benzene rings is 2. The van der Waals surface area contributed by atoms with Crippen molar-refractivity contribution in [1.82, 2.24) is 19.9 Å². The second kappa shape index (κ2) is 6.68. The topological polar surface area (TPSA) is 71.5 Å². The molecule has 2 aromatic carbocycles. The van der Waals surface area contributed by atoms with Crippen LogP contribution in [0.25, 0.3) is 22.6 Å². The molecular formula is C20H13FN4O. The van der Waals surface area contributed by atoms with Gasteiger partial charge in [-0.15, -0.1) is 0 Å². The van der Waals surface area contributed by atoms with Crippen molar-refractivity contribution in [1.29, 1.82) is 0 Å². The number of H-pyrrole nitrogens is 1. The Morgan fingerprint density at radius 2 is 1.62 bits per heavy atom. The third-order valence-electron chi connectivity index (χ3n) is 3.88. The van der Waals surface area contributed by atoms with Crippen molar-refractivity contribution < 1.29 is 9.18 Å². The number of imidazole rings is 1. The zero-order valence-electron chi connectivity index (χ0n) is 13.6. The van der Waals surface area contributed by atoms with Gasteiger partial charge in [-0.05, 0) is 12.1 Å². The van der Waals surface area contributed by atoms with Crippen LogP contribution < -0.4 is 0 Å². The molecule has 5 nitrogen and oxygen atoms in total. The summed E-state index contributed by atoms with van der Waals surface area (Å²) in [7, 11) is 0. The van der Waals surface area contributed by atoms with Gasteiger partial charge in [0.05, 0.1) is 11.9 Å². The highest BCUT2D eigenvalue weighted by atomic mass is 19.1. The molecule has 1 N–H and O–H groups in total. The van der Waals surface area contributed by atoms with Crippen molar-refractivity contribution in [3.05, 3.63) is 90.4 Å². The quantitative estimate of drug-likeness (QED) is 0.570. The highest BCUT2D eigenvalue weighted by Gasteiger charge is 2.13. The van der Waals surface area contributed by atoms with E-state index in [1.807, 2.05) is 6.07 Å². The number of carbonyl (C=O) groups is 1. The molecule has 126 valence electrons. The monoisotopic (exact) mass is 344 g/mol. The molecule has 4 aromatic rings. The van der Waals surface area contributed by atoms with Crippen LogP contribution in [-0.2, 0) is 0 Å². The SMILES string of the molecule is O=C(c1ccccc1)c1ncc(-c2cnc(-c3cccc(F)c3)[nH]2)cn1. The molecule has 0 atom stereocenters. The van der Waals surface area contributed by atoms with E-state index >= 15 is 0 Å². The predicted octanol–water partition coefficient (Wildman–Crippen LogP) is 3.90. The van der Waals surface area contributed by atoms with Crippen LogP contribution in [0.3, 0.4) is 0 Å². The van der Waals surface area contributed by atoms with E-state index in [4.69, 9.17) is 0 Å². The van der Waals surface area contributed by atoms with Gasteiger partial charge in [0.2, 0.25) is 11.6 Å². The number of nitrogens with one attached hydrogen (secondary N) is 1. The van der Waals surface area contributed by atoms with Gasteiger partial charge in [-0.3, -0.25) is 4.79 Å². The van der Waals surface area contributed by atoms with Crippen molar-refractivity contribution in [2.24, 2.45) is 0 Å². The summed E-state index contributed by atoms with van der Waals surface area (Å²) in [5, 5.41) is 0. The Labute approximate surface area is 148 Å². The molecule has 26 heavy (non-hydrogen) atoms. The van der Waals surface area contributed by atoms with Gasteiger partial charge in [0, 0.05) is 29.1 Å².